The van der Waals surface area contributed by atoms with E-state index in [-0.39, 0.29) is 17.1 Å². The van der Waals surface area contributed by atoms with Crippen molar-refractivity contribution in [2.45, 2.75) is 0 Å². The average Bonchev–Trinajstić information content (AvgIpc) is 2.35. The van der Waals surface area contributed by atoms with E-state index < -0.39 is 5.91 Å². The normalized spacial score (nSPS) is 10.1. The number of halogens is 1. The Morgan fingerprint density at radius 2 is 2.17 bits per heavy atom. The third-order valence-corrected chi connectivity index (χ3v) is 2.51. The fourth-order valence-corrected chi connectivity index (χ4v) is 1.56. The fraction of sp³-hybridized carbons (Fsp3) is 0. The number of pyridine rings is 1. The minimum atomic E-state index is -0.527. The Balaban J connectivity index is 2.28. The molecule has 0 fully saturated rings. The molecule has 1 heterocycles. The van der Waals surface area contributed by atoms with Crippen molar-refractivity contribution >= 4 is 29.0 Å². The first-order valence-corrected chi connectivity index (χ1v) is 5.46. The third-order valence-electron chi connectivity index (χ3n) is 2.27. The molecule has 0 radical (unpaired) electrons. The van der Waals surface area contributed by atoms with Crippen LogP contribution in [0, 0.1) is 0 Å². The van der Waals surface area contributed by atoms with E-state index in [0.29, 0.717) is 10.7 Å². The molecule has 1 amide bonds. The number of nitrogens with zero attached hydrogens (tertiary/aromatic N) is 1. The number of phenolic OH excluding ortho intramolecular Hbond substituents is 1. The van der Waals surface area contributed by atoms with Gasteiger partial charge in [0.15, 0.2) is 5.82 Å². The number of amides is 1. The molecule has 5 nitrogen and oxygen atoms in total. The molecule has 1 aromatic carbocycles. The van der Waals surface area contributed by atoms with E-state index in [1.54, 1.807) is 12.1 Å². The maximum atomic E-state index is 11.9. The molecular formula is C12H10ClN3O2. The molecule has 0 spiro atoms. The largest absolute Gasteiger partial charge is 0.507 e. The van der Waals surface area contributed by atoms with Crippen LogP contribution in [-0.4, -0.2) is 16.0 Å². The second-order valence-corrected chi connectivity index (χ2v) is 3.99. The number of rotatable bonds is 2. The van der Waals surface area contributed by atoms with Crippen molar-refractivity contribution in [3.8, 4) is 5.75 Å². The highest BCUT2D eigenvalue weighted by molar-refractivity contribution is 6.31. The zero-order chi connectivity index (χ0) is 13.1. The average molecular weight is 264 g/mol. The summed E-state index contributed by atoms with van der Waals surface area (Å²) in [6.45, 7) is 0. The molecular weight excluding hydrogens is 254 g/mol. The number of nitrogen functional groups attached to an aromatic ring is 1. The predicted molar refractivity (Wildman–Crippen MR) is 69.7 cm³/mol. The van der Waals surface area contributed by atoms with Crippen LogP contribution in [0.4, 0.5) is 11.5 Å². The minimum Gasteiger partial charge on any atom is -0.507 e. The van der Waals surface area contributed by atoms with Crippen LogP contribution in [0.5, 0.6) is 5.75 Å². The van der Waals surface area contributed by atoms with E-state index in [9.17, 15) is 9.90 Å². The quantitative estimate of drug-likeness (QED) is 0.775. The molecule has 0 saturated heterocycles. The van der Waals surface area contributed by atoms with Crippen LogP contribution in [0.3, 0.4) is 0 Å². The molecule has 18 heavy (non-hydrogen) atoms. The number of hydrogen-bond acceptors (Lipinski definition) is 4. The molecule has 92 valence electrons. The first-order valence-electron chi connectivity index (χ1n) is 5.08. The SMILES string of the molecule is Nc1cccnc1NC(=O)c1cc(Cl)ccc1O. The van der Waals surface area contributed by atoms with Gasteiger partial charge in [-0.25, -0.2) is 4.98 Å². The molecule has 4 N–H and O–H groups in total. The van der Waals surface area contributed by atoms with E-state index in [4.69, 9.17) is 17.3 Å². The highest BCUT2D eigenvalue weighted by atomic mass is 35.5. The summed E-state index contributed by atoms with van der Waals surface area (Å²) in [6.07, 6.45) is 1.50. The van der Waals surface area contributed by atoms with Crippen molar-refractivity contribution in [1.82, 2.24) is 4.98 Å². The van der Waals surface area contributed by atoms with Gasteiger partial charge in [-0.05, 0) is 30.3 Å². The summed E-state index contributed by atoms with van der Waals surface area (Å²) in [6, 6.07) is 7.47. The van der Waals surface area contributed by atoms with Gasteiger partial charge in [0.25, 0.3) is 5.91 Å². The summed E-state index contributed by atoms with van der Waals surface area (Å²) in [5.74, 6) is -0.450. The van der Waals surface area contributed by atoms with Gasteiger partial charge in [0, 0.05) is 11.2 Å². The number of nitrogens with two attached hydrogens (primary N) is 1. The molecule has 0 saturated carbocycles. The van der Waals surface area contributed by atoms with Gasteiger partial charge in [0.05, 0.1) is 11.3 Å². The Morgan fingerprint density at radius 3 is 2.89 bits per heavy atom. The standard InChI is InChI=1S/C12H10ClN3O2/c13-7-3-4-10(17)8(6-7)12(18)16-11-9(14)2-1-5-15-11/h1-6,17H,14H2,(H,15,16,18). The molecule has 2 aromatic rings. The lowest BCUT2D eigenvalue weighted by atomic mass is 10.2. The number of carbonyl (C=O) groups is 1. The van der Waals surface area contributed by atoms with Gasteiger partial charge in [0.2, 0.25) is 0 Å². The Morgan fingerprint density at radius 1 is 1.39 bits per heavy atom. The van der Waals surface area contributed by atoms with Gasteiger partial charge in [-0.1, -0.05) is 11.6 Å². The van der Waals surface area contributed by atoms with Crippen LogP contribution >= 0.6 is 11.6 Å². The Hall–Kier alpha value is -2.27. The number of anilines is 2. The number of aromatic nitrogens is 1. The zero-order valence-electron chi connectivity index (χ0n) is 9.22. The molecule has 2 rings (SSSR count). The van der Waals surface area contributed by atoms with E-state index in [2.05, 4.69) is 10.3 Å². The van der Waals surface area contributed by atoms with Crippen molar-refractivity contribution in [2.24, 2.45) is 0 Å². The molecule has 0 bridgehead atoms. The van der Waals surface area contributed by atoms with Crippen molar-refractivity contribution in [2.75, 3.05) is 11.1 Å². The van der Waals surface area contributed by atoms with E-state index in [1.165, 1.54) is 24.4 Å². The van der Waals surface area contributed by atoms with Crippen molar-refractivity contribution in [1.29, 1.82) is 0 Å². The summed E-state index contributed by atoms with van der Waals surface area (Å²) in [5.41, 5.74) is 6.05. The fourth-order valence-electron chi connectivity index (χ4n) is 1.39. The van der Waals surface area contributed by atoms with Crippen LogP contribution < -0.4 is 11.1 Å². The van der Waals surface area contributed by atoms with E-state index in [0.717, 1.165) is 0 Å². The van der Waals surface area contributed by atoms with Gasteiger partial charge in [-0.15, -0.1) is 0 Å². The molecule has 0 aliphatic rings. The molecule has 0 atom stereocenters. The summed E-state index contributed by atoms with van der Waals surface area (Å²) >= 11 is 5.76. The van der Waals surface area contributed by atoms with Gasteiger partial charge >= 0.3 is 0 Å². The lowest BCUT2D eigenvalue weighted by Gasteiger charge is -2.08. The maximum absolute atomic E-state index is 11.9. The first kappa shape index (κ1) is 12.2. The topological polar surface area (TPSA) is 88.2 Å². The molecule has 6 heteroatoms. The molecule has 0 unspecified atom stereocenters. The Labute approximate surface area is 108 Å². The van der Waals surface area contributed by atoms with Crippen LogP contribution in [0.2, 0.25) is 5.02 Å². The second kappa shape index (κ2) is 4.93. The number of nitrogens with one attached hydrogen (secondary N) is 1. The second-order valence-electron chi connectivity index (χ2n) is 3.56. The highest BCUT2D eigenvalue weighted by Gasteiger charge is 2.13. The summed E-state index contributed by atoms with van der Waals surface area (Å²) < 4.78 is 0. The highest BCUT2D eigenvalue weighted by Crippen LogP contribution is 2.23. The van der Waals surface area contributed by atoms with Gasteiger partial charge in [-0.2, -0.15) is 0 Å². The number of phenols is 1. The van der Waals surface area contributed by atoms with Crippen LogP contribution in [0.15, 0.2) is 36.5 Å². The Kier molecular flexibility index (Phi) is 3.34. The minimum absolute atomic E-state index is 0.0625. The van der Waals surface area contributed by atoms with Crippen LogP contribution in [0.25, 0.3) is 0 Å². The summed E-state index contributed by atoms with van der Waals surface area (Å²) in [7, 11) is 0. The number of benzene rings is 1. The van der Waals surface area contributed by atoms with Crippen molar-refractivity contribution in [3.63, 3.8) is 0 Å². The number of hydrogen-bond donors (Lipinski definition) is 3. The van der Waals surface area contributed by atoms with Gasteiger partial charge in [-0.3, -0.25) is 4.79 Å². The Bertz CT molecular complexity index is 602. The smallest absolute Gasteiger partial charge is 0.260 e. The molecule has 0 aliphatic carbocycles. The first-order chi connectivity index (χ1) is 8.58. The molecule has 0 aliphatic heterocycles. The predicted octanol–water partition coefficient (Wildman–Crippen LogP) is 2.28. The van der Waals surface area contributed by atoms with Crippen molar-refractivity contribution in [3.05, 3.63) is 47.1 Å². The number of carbonyl (C=O) groups excluding carboxylic acids is 1. The van der Waals surface area contributed by atoms with Crippen molar-refractivity contribution < 1.29 is 9.90 Å². The lowest BCUT2D eigenvalue weighted by Crippen LogP contribution is -2.14. The van der Waals surface area contributed by atoms with E-state index in [1.807, 2.05) is 0 Å². The summed E-state index contributed by atoms with van der Waals surface area (Å²) in [5, 5.41) is 12.4. The van der Waals surface area contributed by atoms with Gasteiger partial charge in [0.1, 0.15) is 5.75 Å². The lowest BCUT2D eigenvalue weighted by molar-refractivity contribution is 0.102. The monoisotopic (exact) mass is 263 g/mol. The number of aromatic hydroxyl groups is 1. The zero-order valence-corrected chi connectivity index (χ0v) is 9.98. The maximum Gasteiger partial charge on any atom is 0.260 e. The van der Waals surface area contributed by atoms with Crippen LogP contribution in [0.1, 0.15) is 10.4 Å². The van der Waals surface area contributed by atoms with Crippen LogP contribution in [-0.2, 0) is 0 Å². The third kappa shape index (κ3) is 2.52. The molecule has 1 aromatic heterocycles. The van der Waals surface area contributed by atoms with E-state index >= 15 is 0 Å². The van der Waals surface area contributed by atoms with Gasteiger partial charge < -0.3 is 16.2 Å². The summed E-state index contributed by atoms with van der Waals surface area (Å²) in [4.78, 5) is 15.8.